The lowest BCUT2D eigenvalue weighted by Gasteiger charge is -2.47. The summed E-state index contributed by atoms with van der Waals surface area (Å²) in [6, 6.07) is 2.09. The van der Waals surface area contributed by atoms with Gasteiger partial charge in [0.15, 0.2) is 11.6 Å². The van der Waals surface area contributed by atoms with Crippen LogP contribution in [-0.4, -0.2) is 42.1 Å². The van der Waals surface area contributed by atoms with Crippen LogP contribution in [0.1, 0.15) is 43.5 Å². The lowest BCUT2D eigenvalue weighted by molar-refractivity contribution is -0.0304. The Labute approximate surface area is 146 Å². The highest BCUT2D eigenvalue weighted by molar-refractivity contribution is 6.04. The molecule has 1 N–H and O–H groups in total. The number of hydrogen-bond acceptors (Lipinski definition) is 3. The third-order valence-electron chi connectivity index (χ3n) is 5.33. The van der Waals surface area contributed by atoms with Crippen LogP contribution in [0, 0.1) is 17.0 Å². The number of hydrogen-bond donors (Lipinski definition) is 1. The van der Waals surface area contributed by atoms with Gasteiger partial charge in [0, 0.05) is 28.6 Å². The first-order valence-electron chi connectivity index (χ1n) is 8.92. The van der Waals surface area contributed by atoms with Gasteiger partial charge in [-0.15, -0.1) is 0 Å². The van der Waals surface area contributed by atoms with Gasteiger partial charge >= 0.3 is 5.97 Å². The largest absolute Gasteiger partial charge is 0.461 e. The number of fused-ring (bicyclic) bond motifs is 4. The minimum absolute atomic E-state index is 0.0911. The topological polar surface area (TPSA) is 45.3 Å². The number of aromatic nitrogens is 1. The number of nitrogens with zero attached hydrogens (tertiary/aromatic N) is 1. The molecule has 4 nitrogen and oxygen atoms in total. The summed E-state index contributed by atoms with van der Waals surface area (Å²) in [5, 5.41) is 0.352. The molecule has 136 valence electrons. The summed E-state index contributed by atoms with van der Waals surface area (Å²) < 4.78 is 32.2. The van der Waals surface area contributed by atoms with E-state index in [1.165, 1.54) is 6.20 Å². The second kappa shape index (κ2) is 7.12. The maximum atomic E-state index is 13.4. The number of halogens is 2. The van der Waals surface area contributed by atoms with Crippen molar-refractivity contribution in [3.05, 3.63) is 35.5 Å². The smallest absolute Gasteiger partial charge is 0.340 e. The van der Waals surface area contributed by atoms with Gasteiger partial charge in [0.1, 0.15) is 0 Å². The van der Waals surface area contributed by atoms with Gasteiger partial charge in [-0.1, -0.05) is 13.8 Å². The van der Waals surface area contributed by atoms with Crippen molar-refractivity contribution in [3.8, 4) is 0 Å². The van der Waals surface area contributed by atoms with Crippen molar-refractivity contribution in [2.24, 2.45) is 5.41 Å². The van der Waals surface area contributed by atoms with Gasteiger partial charge in [0.05, 0.1) is 12.2 Å². The number of carbonyl (C=O) groups is 1. The average molecular weight is 350 g/mol. The zero-order valence-corrected chi connectivity index (χ0v) is 14.7. The fraction of sp³-hybridized carbons (Fsp3) is 0.526. The summed E-state index contributed by atoms with van der Waals surface area (Å²) in [6.07, 6.45) is 4.60. The Bertz CT molecular complexity index is 750. The van der Waals surface area contributed by atoms with Crippen molar-refractivity contribution in [3.63, 3.8) is 0 Å². The highest BCUT2D eigenvalue weighted by Crippen LogP contribution is 2.40. The zero-order valence-electron chi connectivity index (χ0n) is 14.7. The number of rotatable bonds is 3. The Kier molecular flexibility index (Phi) is 5.08. The summed E-state index contributed by atoms with van der Waals surface area (Å²) in [6.45, 7) is 7.59. The van der Waals surface area contributed by atoms with E-state index in [0.29, 0.717) is 17.5 Å². The molecule has 1 aromatic carbocycles. The highest BCUT2D eigenvalue weighted by Gasteiger charge is 2.40. The molecule has 3 saturated heterocycles. The number of piperidine rings is 3. The Morgan fingerprint density at radius 1 is 1.16 bits per heavy atom. The third-order valence-corrected chi connectivity index (χ3v) is 5.33. The molecule has 0 unspecified atom stereocenters. The molecule has 2 aromatic rings. The molecule has 3 fully saturated rings. The summed E-state index contributed by atoms with van der Waals surface area (Å²) in [5.41, 5.74) is 0.733. The van der Waals surface area contributed by atoms with Crippen LogP contribution in [-0.2, 0) is 4.74 Å². The molecule has 0 aliphatic carbocycles. The van der Waals surface area contributed by atoms with Crippen molar-refractivity contribution >= 4 is 16.9 Å². The Hall–Kier alpha value is -1.95. The summed E-state index contributed by atoms with van der Waals surface area (Å²) >= 11 is 0. The van der Waals surface area contributed by atoms with Crippen LogP contribution < -0.4 is 0 Å². The summed E-state index contributed by atoms with van der Waals surface area (Å²) in [7, 11) is 0. The molecule has 6 heteroatoms. The molecule has 0 atom stereocenters. The number of ether oxygens (including phenoxy) is 1. The number of esters is 1. The minimum Gasteiger partial charge on any atom is -0.461 e. The molecule has 5 rings (SSSR count). The molecule has 0 radical (unpaired) electrons. The number of benzene rings is 1. The van der Waals surface area contributed by atoms with Gasteiger partial charge in [0.25, 0.3) is 0 Å². The predicted molar refractivity (Wildman–Crippen MR) is 92.6 cm³/mol. The van der Waals surface area contributed by atoms with Gasteiger partial charge in [-0.05, 0) is 45.0 Å². The van der Waals surface area contributed by atoms with E-state index in [9.17, 15) is 13.6 Å². The first-order chi connectivity index (χ1) is 12.1. The third kappa shape index (κ3) is 3.40. The van der Waals surface area contributed by atoms with E-state index in [2.05, 4.69) is 9.88 Å². The molecule has 0 saturated carbocycles. The van der Waals surface area contributed by atoms with Crippen molar-refractivity contribution in [1.29, 1.82) is 0 Å². The molecule has 3 aliphatic heterocycles. The van der Waals surface area contributed by atoms with Crippen LogP contribution in [0.2, 0.25) is 0 Å². The van der Waals surface area contributed by atoms with Crippen molar-refractivity contribution < 1.29 is 18.3 Å². The number of nitrogens with one attached hydrogen (secondary N) is 1. The Morgan fingerprint density at radius 2 is 1.76 bits per heavy atom. The van der Waals surface area contributed by atoms with E-state index in [1.54, 1.807) is 0 Å². The normalized spacial score (nSPS) is 24.7. The number of carbonyl (C=O) groups excluding carboxylic acids is 1. The van der Waals surface area contributed by atoms with Crippen molar-refractivity contribution in [2.75, 3.05) is 26.2 Å². The molecule has 25 heavy (non-hydrogen) atoms. The Morgan fingerprint density at radius 3 is 2.40 bits per heavy atom. The minimum atomic E-state index is -0.968. The lowest BCUT2D eigenvalue weighted by Crippen LogP contribution is -2.50. The molecule has 3 aliphatic rings. The van der Waals surface area contributed by atoms with Crippen LogP contribution in [0.5, 0.6) is 0 Å². The first kappa shape index (κ1) is 17.9. The summed E-state index contributed by atoms with van der Waals surface area (Å²) in [4.78, 5) is 17.6. The van der Waals surface area contributed by atoms with E-state index in [4.69, 9.17) is 4.74 Å². The fourth-order valence-corrected chi connectivity index (χ4v) is 3.69. The Balaban J connectivity index is 0.000000880. The van der Waals surface area contributed by atoms with E-state index >= 15 is 0 Å². The number of H-pyrrole nitrogens is 1. The average Bonchev–Trinajstić information content (AvgIpc) is 3.06. The van der Waals surface area contributed by atoms with Gasteiger partial charge in [-0.2, -0.15) is 0 Å². The predicted octanol–water partition coefficient (Wildman–Crippen LogP) is 4.12. The van der Waals surface area contributed by atoms with Gasteiger partial charge in [-0.3, -0.25) is 0 Å². The molecule has 0 amide bonds. The summed E-state index contributed by atoms with van der Waals surface area (Å²) in [5.74, 6) is -2.39. The van der Waals surface area contributed by atoms with E-state index in [0.717, 1.165) is 51.0 Å². The standard InChI is InChI=1S/C17H18F2N2O2.C2H6/c18-13-7-11-12(9-20-15(11)8-14(13)19)16(22)23-10-17-1-4-21(5-2-17)6-3-17;1-2/h7-9,20H,1-6,10H2;1-2H3. The molecule has 4 heterocycles. The van der Waals surface area contributed by atoms with Gasteiger partial charge < -0.3 is 14.6 Å². The maximum Gasteiger partial charge on any atom is 0.340 e. The van der Waals surface area contributed by atoms with Crippen molar-refractivity contribution in [2.45, 2.75) is 33.1 Å². The van der Waals surface area contributed by atoms with Crippen LogP contribution in [0.3, 0.4) is 0 Å². The van der Waals surface area contributed by atoms with E-state index < -0.39 is 17.6 Å². The fourth-order valence-electron chi connectivity index (χ4n) is 3.69. The molecular weight excluding hydrogens is 326 g/mol. The quantitative estimate of drug-likeness (QED) is 0.847. The lowest BCUT2D eigenvalue weighted by atomic mass is 9.73. The SMILES string of the molecule is CC.O=C(OCC12CCN(CC1)CC2)c1c[nH]c2cc(F)c(F)cc12. The van der Waals surface area contributed by atoms with Crippen molar-refractivity contribution in [1.82, 2.24) is 9.88 Å². The van der Waals surface area contributed by atoms with E-state index in [1.807, 2.05) is 13.8 Å². The van der Waals surface area contributed by atoms with Gasteiger partial charge in [-0.25, -0.2) is 13.6 Å². The molecule has 0 spiro atoms. The monoisotopic (exact) mass is 350 g/mol. The molecular formula is C19H24F2N2O2. The second-order valence-corrected chi connectivity index (χ2v) is 6.68. The highest BCUT2D eigenvalue weighted by atomic mass is 19.2. The maximum absolute atomic E-state index is 13.4. The molecule has 2 bridgehead atoms. The van der Waals surface area contributed by atoms with Crippen LogP contribution in [0.15, 0.2) is 18.3 Å². The van der Waals surface area contributed by atoms with Crippen LogP contribution in [0.25, 0.3) is 10.9 Å². The first-order valence-corrected chi connectivity index (χ1v) is 8.92. The second-order valence-electron chi connectivity index (χ2n) is 6.68. The van der Waals surface area contributed by atoms with Crippen LogP contribution >= 0.6 is 0 Å². The van der Waals surface area contributed by atoms with Gasteiger partial charge in [0.2, 0.25) is 0 Å². The molecule has 1 aromatic heterocycles. The van der Waals surface area contributed by atoms with E-state index in [-0.39, 0.29) is 11.0 Å². The van der Waals surface area contributed by atoms with Crippen LogP contribution in [0.4, 0.5) is 8.78 Å². The zero-order chi connectivity index (χ0) is 18.0. The number of aromatic amines is 1.